The zero-order valence-corrected chi connectivity index (χ0v) is 8.21. The van der Waals surface area contributed by atoms with E-state index in [1.165, 1.54) is 18.4 Å². The van der Waals surface area contributed by atoms with Crippen LogP contribution in [0.1, 0.15) is 0 Å². The molecule has 1 aromatic rings. The third-order valence-corrected chi connectivity index (χ3v) is 1.92. The molecule has 0 radical (unpaired) electrons. The normalized spacial score (nSPS) is 10.1. The summed E-state index contributed by atoms with van der Waals surface area (Å²) in [5.41, 5.74) is 0. The average Bonchev–Trinajstić information content (AvgIpc) is 2.66. The minimum Gasteiger partial charge on any atom is -0.466 e. The summed E-state index contributed by atoms with van der Waals surface area (Å²) in [6, 6.07) is 0. The molecule has 1 heterocycles. The molecule has 6 heteroatoms. The molecule has 0 bridgehead atoms. The lowest BCUT2D eigenvalue weighted by molar-refractivity contribution is -0.135. The predicted molar refractivity (Wildman–Crippen MR) is 51.9 cm³/mol. The molecule has 0 saturated carbocycles. The first-order chi connectivity index (χ1) is 6.72. The third-order valence-electron chi connectivity index (χ3n) is 1.23. The standard InChI is InChI=1S/C8H8N2O3S/c1-13-7(12)3-2-6(11)10-8-9-4-5-14-8/h2-5H,1H3,(H,9,10,11)/b3-2+. The highest BCUT2D eigenvalue weighted by molar-refractivity contribution is 7.13. The van der Waals surface area contributed by atoms with E-state index in [4.69, 9.17) is 0 Å². The number of amides is 1. The smallest absolute Gasteiger partial charge is 0.330 e. The van der Waals surface area contributed by atoms with Gasteiger partial charge in [0.1, 0.15) is 0 Å². The highest BCUT2D eigenvalue weighted by atomic mass is 32.1. The molecule has 1 rings (SSSR count). The van der Waals surface area contributed by atoms with Crippen LogP contribution in [0.4, 0.5) is 5.13 Å². The van der Waals surface area contributed by atoms with Crippen LogP contribution in [0.5, 0.6) is 0 Å². The minimum absolute atomic E-state index is 0.412. The number of nitrogens with one attached hydrogen (secondary N) is 1. The quantitative estimate of drug-likeness (QED) is 0.594. The Kier molecular flexibility index (Phi) is 3.81. The van der Waals surface area contributed by atoms with Crippen molar-refractivity contribution in [3.63, 3.8) is 0 Å². The van der Waals surface area contributed by atoms with Crippen molar-refractivity contribution in [3.05, 3.63) is 23.7 Å². The fourth-order valence-electron chi connectivity index (χ4n) is 0.644. The fraction of sp³-hybridized carbons (Fsp3) is 0.125. The summed E-state index contributed by atoms with van der Waals surface area (Å²) in [6.45, 7) is 0. The Morgan fingerprint density at radius 3 is 2.93 bits per heavy atom. The maximum Gasteiger partial charge on any atom is 0.330 e. The molecule has 0 saturated heterocycles. The van der Waals surface area contributed by atoms with Crippen molar-refractivity contribution in [1.29, 1.82) is 0 Å². The molecule has 0 aliphatic rings. The first kappa shape index (κ1) is 10.4. The molecule has 0 aromatic carbocycles. The van der Waals surface area contributed by atoms with Crippen molar-refractivity contribution >= 4 is 28.3 Å². The summed E-state index contributed by atoms with van der Waals surface area (Å²) in [5, 5.41) is 4.70. The van der Waals surface area contributed by atoms with Crippen molar-refractivity contribution in [2.45, 2.75) is 0 Å². The molecule has 0 atom stereocenters. The summed E-state index contributed by atoms with van der Waals surface area (Å²) in [7, 11) is 1.24. The lowest BCUT2D eigenvalue weighted by atomic mass is 10.5. The highest BCUT2D eigenvalue weighted by Crippen LogP contribution is 2.09. The first-order valence-corrected chi connectivity index (χ1v) is 4.57. The lowest BCUT2D eigenvalue weighted by Crippen LogP contribution is -2.08. The SMILES string of the molecule is COC(=O)/C=C/C(=O)Nc1nccs1. The number of anilines is 1. The van der Waals surface area contributed by atoms with Gasteiger partial charge in [0, 0.05) is 23.7 Å². The Morgan fingerprint density at radius 1 is 1.57 bits per heavy atom. The molecule has 14 heavy (non-hydrogen) atoms. The molecule has 74 valence electrons. The van der Waals surface area contributed by atoms with Gasteiger partial charge in [-0.1, -0.05) is 0 Å². The Morgan fingerprint density at radius 2 is 2.36 bits per heavy atom. The fourth-order valence-corrected chi connectivity index (χ4v) is 1.18. The summed E-state index contributed by atoms with van der Waals surface area (Å²) >= 11 is 1.30. The average molecular weight is 212 g/mol. The predicted octanol–water partition coefficient (Wildman–Crippen LogP) is 0.811. The second-order valence-electron chi connectivity index (χ2n) is 2.18. The number of carbonyl (C=O) groups is 2. The number of ether oxygens (including phenoxy) is 1. The van der Waals surface area contributed by atoms with Gasteiger partial charge in [-0.25, -0.2) is 9.78 Å². The van der Waals surface area contributed by atoms with Crippen molar-refractivity contribution in [2.75, 3.05) is 12.4 Å². The van der Waals surface area contributed by atoms with Gasteiger partial charge in [-0.2, -0.15) is 0 Å². The van der Waals surface area contributed by atoms with Crippen LogP contribution in [0, 0.1) is 0 Å². The number of aromatic nitrogens is 1. The van der Waals surface area contributed by atoms with Gasteiger partial charge in [0.2, 0.25) is 5.91 Å². The van der Waals surface area contributed by atoms with E-state index in [9.17, 15) is 9.59 Å². The van der Waals surface area contributed by atoms with Crippen LogP contribution in [-0.4, -0.2) is 24.0 Å². The van der Waals surface area contributed by atoms with E-state index in [0.29, 0.717) is 5.13 Å². The third kappa shape index (κ3) is 3.36. The van der Waals surface area contributed by atoms with E-state index in [-0.39, 0.29) is 0 Å². The van der Waals surface area contributed by atoms with E-state index < -0.39 is 11.9 Å². The molecule has 1 N–H and O–H groups in total. The topological polar surface area (TPSA) is 68.3 Å². The van der Waals surface area contributed by atoms with Crippen LogP contribution in [0.15, 0.2) is 23.7 Å². The van der Waals surface area contributed by atoms with Crippen molar-refractivity contribution < 1.29 is 14.3 Å². The molecular formula is C8H8N2O3S. The monoisotopic (exact) mass is 212 g/mol. The molecule has 0 unspecified atom stereocenters. The summed E-state index contributed by atoms with van der Waals surface area (Å²) < 4.78 is 4.32. The maximum absolute atomic E-state index is 11.1. The molecule has 0 aliphatic carbocycles. The van der Waals surface area contributed by atoms with Crippen LogP contribution in [0.25, 0.3) is 0 Å². The molecule has 0 fully saturated rings. The van der Waals surface area contributed by atoms with Crippen LogP contribution >= 0.6 is 11.3 Å². The van der Waals surface area contributed by atoms with Gasteiger partial charge in [0.15, 0.2) is 5.13 Å². The van der Waals surface area contributed by atoms with E-state index in [0.717, 1.165) is 12.2 Å². The van der Waals surface area contributed by atoms with E-state index in [1.54, 1.807) is 11.6 Å². The molecule has 5 nitrogen and oxygen atoms in total. The number of hydrogen-bond donors (Lipinski definition) is 1. The largest absolute Gasteiger partial charge is 0.466 e. The van der Waals surface area contributed by atoms with Crippen molar-refractivity contribution in [3.8, 4) is 0 Å². The van der Waals surface area contributed by atoms with Gasteiger partial charge in [0.25, 0.3) is 0 Å². The number of hydrogen-bond acceptors (Lipinski definition) is 5. The van der Waals surface area contributed by atoms with E-state index >= 15 is 0 Å². The number of nitrogens with zero attached hydrogens (tertiary/aromatic N) is 1. The molecular weight excluding hydrogens is 204 g/mol. The van der Waals surface area contributed by atoms with Crippen molar-refractivity contribution in [1.82, 2.24) is 4.98 Å². The van der Waals surface area contributed by atoms with Gasteiger partial charge >= 0.3 is 5.97 Å². The van der Waals surface area contributed by atoms with Crippen LogP contribution in [-0.2, 0) is 14.3 Å². The van der Waals surface area contributed by atoms with Crippen LogP contribution in [0.2, 0.25) is 0 Å². The highest BCUT2D eigenvalue weighted by Gasteiger charge is 2.00. The minimum atomic E-state index is -0.570. The van der Waals surface area contributed by atoms with Crippen LogP contribution < -0.4 is 5.32 Å². The second-order valence-corrected chi connectivity index (χ2v) is 3.08. The number of rotatable bonds is 3. The van der Waals surface area contributed by atoms with E-state index in [2.05, 4.69) is 15.0 Å². The Hall–Kier alpha value is -1.69. The summed E-state index contributed by atoms with van der Waals surface area (Å²) in [4.78, 5) is 25.5. The van der Waals surface area contributed by atoms with Gasteiger partial charge in [-0.05, 0) is 0 Å². The van der Waals surface area contributed by atoms with Gasteiger partial charge < -0.3 is 4.74 Å². The summed E-state index contributed by atoms with van der Waals surface area (Å²) in [6.07, 6.45) is 3.71. The Bertz CT molecular complexity index is 345. The number of methoxy groups -OCH3 is 1. The maximum atomic E-state index is 11.1. The van der Waals surface area contributed by atoms with Gasteiger partial charge in [-0.15, -0.1) is 11.3 Å². The van der Waals surface area contributed by atoms with Gasteiger partial charge in [-0.3, -0.25) is 10.1 Å². The first-order valence-electron chi connectivity index (χ1n) is 3.69. The zero-order valence-electron chi connectivity index (χ0n) is 7.39. The number of thiazole rings is 1. The zero-order chi connectivity index (χ0) is 10.4. The molecule has 1 amide bonds. The van der Waals surface area contributed by atoms with E-state index in [1.807, 2.05) is 0 Å². The van der Waals surface area contributed by atoms with Gasteiger partial charge in [0.05, 0.1) is 7.11 Å². The lowest BCUT2D eigenvalue weighted by Gasteiger charge is -1.94. The van der Waals surface area contributed by atoms with Crippen LogP contribution in [0.3, 0.4) is 0 Å². The molecule has 1 aromatic heterocycles. The molecule has 0 aliphatic heterocycles. The number of esters is 1. The Labute approximate surface area is 84.4 Å². The molecule has 0 spiro atoms. The summed E-state index contributed by atoms with van der Waals surface area (Å²) in [5.74, 6) is -0.982. The van der Waals surface area contributed by atoms with Crippen molar-refractivity contribution in [2.24, 2.45) is 0 Å². The number of carbonyl (C=O) groups excluding carboxylic acids is 2. The second kappa shape index (κ2) is 5.13. The Balaban J connectivity index is 2.44.